The van der Waals surface area contributed by atoms with Crippen molar-refractivity contribution in [3.8, 4) is 0 Å². The zero-order chi connectivity index (χ0) is 27.4. The van der Waals surface area contributed by atoms with Gasteiger partial charge >= 0.3 is 39.3 Å². The van der Waals surface area contributed by atoms with Crippen LogP contribution >= 0.6 is 28.5 Å². The average molecular weight is 689 g/mol. The zero-order valence-electron chi connectivity index (χ0n) is 22.8. The molecule has 0 saturated carbocycles. The van der Waals surface area contributed by atoms with Gasteiger partial charge in [-0.05, 0) is 82.4 Å². The molecule has 0 amide bonds. The van der Waals surface area contributed by atoms with Gasteiger partial charge in [0.1, 0.15) is 0 Å². The van der Waals surface area contributed by atoms with Gasteiger partial charge in [-0.15, -0.1) is 0 Å². The Bertz CT molecular complexity index is 1170. The molecule has 0 saturated heterocycles. The first-order valence-electron chi connectivity index (χ1n) is 12.4. The van der Waals surface area contributed by atoms with E-state index in [9.17, 15) is 0 Å². The number of aryl methyl sites for hydroxylation is 4. The van der Waals surface area contributed by atoms with E-state index in [0.717, 1.165) is 47.8 Å². The van der Waals surface area contributed by atoms with Crippen molar-refractivity contribution in [2.24, 2.45) is 9.98 Å². The molecule has 7 heteroatoms. The summed E-state index contributed by atoms with van der Waals surface area (Å²) in [6.45, 7) is 15.9. The van der Waals surface area contributed by atoms with Gasteiger partial charge in [-0.3, -0.25) is 4.99 Å². The van der Waals surface area contributed by atoms with Crippen LogP contribution in [-0.2, 0) is 15.3 Å². The van der Waals surface area contributed by atoms with Crippen molar-refractivity contribution in [2.75, 3.05) is 6.61 Å². The van der Waals surface area contributed by atoms with Crippen molar-refractivity contribution >= 4 is 59.6 Å². The monoisotopic (exact) mass is 686 g/mol. The molecule has 37 heavy (non-hydrogen) atoms. The molecular formula is C30H38Br2N2NiOSi. The van der Waals surface area contributed by atoms with E-state index in [1.807, 2.05) is 6.07 Å². The van der Waals surface area contributed by atoms with Gasteiger partial charge in [0.2, 0.25) is 0 Å². The van der Waals surface area contributed by atoms with Crippen LogP contribution in [0.3, 0.4) is 0 Å². The normalized spacial score (nSPS) is 12.4. The van der Waals surface area contributed by atoms with Gasteiger partial charge in [0.15, 0.2) is 8.32 Å². The Labute approximate surface area is 244 Å². The van der Waals surface area contributed by atoms with E-state index in [1.165, 1.54) is 33.2 Å². The summed E-state index contributed by atoms with van der Waals surface area (Å²) in [7, 11) is -0.308. The molecule has 0 aliphatic heterocycles. The molecule has 3 rings (SSSR count). The molecule has 0 aliphatic rings. The third-order valence-corrected chi connectivity index (χ3v) is 6.83. The van der Waals surface area contributed by atoms with Gasteiger partial charge < -0.3 is 4.43 Å². The summed E-state index contributed by atoms with van der Waals surface area (Å²) in [6, 6.07) is 23.1. The molecular weight excluding hydrogens is 651 g/mol. The number of hydrogen-bond donors (Lipinski definition) is 0. The summed E-state index contributed by atoms with van der Waals surface area (Å²) < 4.78 is 6.16. The molecule has 3 aromatic rings. The number of para-hydroxylation sites is 2. The number of aliphatic imine (C=N–C) groups is 2. The van der Waals surface area contributed by atoms with E-state index in [2.05, 4.69) is 136 Å². The van der Waals surface area contributed by atoms with Crippen LogP contribution in [0, 0.1) is 27.7 Å². The zero-order valence-corrected chi connectivity index (χ0v) is 28.0. The Morgan fingerprint density at radius 1 is 0.730 bits per heavy atom. The van der Waals surface area contributed by atoms with Crippen LogP contribution in [0.25, 0.3) is 0 Å². The predicted octanol–water partition coefficient (Wildman–Crippen LogP) is 10.1. The van der Waals surface area contributed by atoms with Crippen LogP contribution < -0.4 is 0 Å². The van der Waals surface area contributed by atoms with Crippen molar-refractivity contribution in [2.45, 2.75) is 60.2 Å². The molecule has 0 heterocycles. The van der Waals surface area contributed by atoms with Crippen LogP contribution in [0.15, 0.2) is 76.7 Å². The Morgan fingerprint density at radius 2 is 1.19 bits per heavy atom. The summed E-state index contributed by atoms with van der Waals surface area (Å²) >= 11 is 6.00. The van der Waals surface area contributed by atoms with Gasteiger partial charge in [-0.1, -0.05) is 66.7 Å². The van der Waals surface area contributed by atoms with Gasteiger partial charge in [-0.2, -0.15) is 0 Å². The molecule has 0 aromatic heterocycles. The molecule has 3 aromatic carbocycles. The van der Waals surface area contributed by atoms with Crippen molar-refractivity contribution in [3.05, 3.63) is 94.5 Å². The summed E-state index contributed by atoms with van der Waals surface area (Å²) in [5, 5.41) is 0. The second kappa shape index (κ2) is 15.9. The summed E-state index contributed by atoms with van der Waals surface area (Å²) in [6.07, 6.45) is 1.71. The van der Waals surface area contributed by atoms with E-state index < -0.39 is 8.32 Å². The van der Waals surface area contributed by atoms with E-state index in [0.29, 0.717) is 0 Å². The molecule has 0 radical (unpaired) electrons. The van der Waals surface area contributed by atoms with Crippen molar-refractivity contribution in [1.29, 1.82) is 0 Å². The Balaban J connectivity index is 0.00000153. The second-order valence-corrected chi connectivity index (χ2v) is 19.5. The van der Waals surface area contributed by atoms with E-state index in [4.69, 9.17) is 14.4 Å². The molecule has 0 spiro atoms. The fourth-order valence-corrected chi connectivity index (χ4v) is 4.70. The van der Waals surface area contributed by atoms with Crippen LogP contribution in [0.2, 0.25) is 19.6 Å². The SMILES string of the molecule is Cc1cccc(C)c1N=C(CCCO[Si](C)(C)C)C(=Nc1c(C)cccc1C)c1ccccc1.[Br][Ni][Br]. The van der Waals surface area contributed by atoms with Crippen molar-refractivity contribution in [3.63, 3.8) is 0 Å². The second-order valence-electron chi connectivity index (χ2n) is 9.98. The molecule has 3 nitrogen and oxygen atoms in total. The number of halogens is 2. The minimum absolute atomic E-state index is 0.743. The molecule has 0 unspecified atom stereocenters. The van der Waals surface area contributed by atoms with Gasteiger partial charge in [0, 0.05) is 12.2 Å². The molecule has 0 N–H and O–H groups in total. The van der Waals surface area contributed by atoms with Crippen molar-refractivity contribution < 1.29 is 15.3 Å². The summed E-state index contributed by atoms with van der Waals surface area (Å²) in [4.78, 5) is 10.5. The maximum atomic E-state index is 6.16. The number of rotatable bonds is 9. The molecule has 0 aliphatic carbocycles. The van der Waals surface area contributed by atoms with Crippen molar-refractivity contribution in [1.82, 2.24) is 0 Å². The van der Waals surface area contributed by atoms with Gasteiger partial charge in [-0.25, -0.2) is 4.99 Å². The molecule has 202 valence electrons. The first-order chi connectivity index (χ1) is 17.6. The third-order valence-electron chi connectivity index (χ3n) is 5.76. The number of nitrogens with zero attached hydrogens (tertiary/aromatic N) is 2. The molecule has 0 atom stereocenters. The minimum atomic E-state index is -1.56. The quantitative estimate of drug-likeness (QED) is 0.125. The number of benzene rings is 3. The van der Waals surface area contributed by atoms with Gasteiger partial charge in [0.05, 0.1) is 22.8 Å². The fraction of sp³-hybridized carbons (Fsp3) is 0.333. The van der Waals surface area contributed by atoms with Crippen LogP contribution in [0.5, 0.6) is 0 Å². The first kappa shape index (κ1) is 31.8. The standard InChI is InChI=1S/C30H38N2OSi.2BrH.Ni/c1-22-14-11-15-23(2)28(22)31-27(20-13-21-33-34(5,6)7)30(26-18-9-8-10-19-26)32-29-24(3)16-12-17-25(29)4;;;/h8-12,14-19H,13,20-21H2,1-7H3;2*1H;/q;;;+2/p-2. The van der Waals surface area contributed by atoms with E-state index >= 15 is 0 Å². The van der Waals surface area contributed by atoms with E-state index in [1.54, 1.807) is 0 Å². The fourth-order valence-electron chi connectivity index (χ4n) is 3.95. The van der Waals surface area contributed by atoms with Gasteiger partial charge in [0.25, 0.3) is 0 Å². The van der Waals surface area contributed by atoms with Crippen LogP contribution in [0.1, 0.15) is 40.7 Å². The number of hydrogen-bond acceptors (Lipinski definition) is 3. The Hall–Kier alpha value is -1.37. The molecule has 0 bridgehead atoms. The summed E-state index contributed by atoms with van der Waals surface area (Å²) in [5.74, 6) is 0. The molecule has 0 fully saturated rings. The third kappa shape index (κ3) is 10.7. The Kier molecular flexibility index (Phi) is 13.7. The topological polar surface area (TPSA) is 34.0 Å². The predicted molar refractivity (Wildman–Crippen MR) is 168 cm³/mol. The van der Waals surface area contributed by atoms with Crippen LogP contribution in [0.4, 0.5) is 11.4 Å². The average Bonchev–Trinajstić information content (AvgIpc) is 2.83. The Morgan fingerprint density at radius 3 is 1.65 bits per heavy atom. The van der Waals surface area contributed by atoms with Crippen LogP contribution in [-0.4, -0.2) is 26.3 Å². The maximum absolute atomic E-state index is 6.16. The summed E-state index contributed by atoms with van der Waals surface area (Å²) in [5.41, 5.74) is 9.78. The van der Waals surface area contributed by atoms with E-state index in [-0.39, 0.29) is 0 Å². The first-order valence-corrected chi connectivity index (χ1v) is 20.7.